The highest BCUT2D eigenvalue weighted by Gasteiger charge is 2.43. The molecule has 43 heavy (non-hydrogen) atoms. The topological polar surface area (TPSA) is 168 Å². The first-order valence-electron chi connectivity index (χ1n) is 13.6. The van der Waals surface area contributed by atoms with Crippen molar-refractivity contribution in [2.75, 3.05) is 31.2 Å². The van der Waals surface area contributed by atoms with Gasteiger partial charge < -0.3 is 15.3 Å². The van der Waals surface area contributed by atoms with Crippen LogP contribution in [0.3, 0.4) is 0 Å². The fraction of sp³-hybridized carbons (Fsp3) is 0.357. The van der Waals surface area contributed by atoms with Crippen LogP contribution in [0, 0.1) is 11.8 Å². The van der Waals surface area contributed by atoms with E-state index >= 15 is 0 Å². The molecule has 2 aromatic carbocycles. The molecule has 2 fully saturated rings. The van der Waals surface area contributed by atoms with Crippen LogP contribution in [0.15, 0.2) is 54.9 Å². The van der Waals surface area contributed by atoms with Gasteiger partial charge in [0.25, 0.3) is 0 Å². The minimum absolute atomic E-state index is 0.00727. The molecule has 2 saturated heterocycles. The Morgan fingerprint density at radius 2 is 1.79 bits per heavy atom. The number of anilines is 1. The number of sulfonamides is 1. The van der Waals surface area contributed by atoms with Crippen molar-refractivity contribution >= 4 is 51.2 Å². The second-order valence-electron chi connectivity index (χ2n) is 10.7. The summed E-state index contributed by atoms with van der Waals surface area (Å²) in [6, 6.07) is 10.1. The Hall–Kier alpha value is -4.14. The number of benzene rings is 2. The van der Waals surface area contributed by atoms with Crippen molar-refractivity contribution in [1.29, 1.82) is 0 Å². The lowest BCUT2D eigenvalue weighted by molar-refractivity contribution is -0.132. The number of nitrogens with one attached hydrogen (secondary N) is 1. The molecule has 0 spiro atoms. The summed E-state index contributed by atoms with van der Waals surface area (Å²) >= 11 is 6.22. The Bertz CT molecular complexity index is 1640. The van der Waals surface area contributed by atoms with Crippen LogP contribution in [0.25, 0.3) is 11.8 Å². The van der Waals surface area contributed by atoms with E-state index in [9.17, 15) is 22.8 Å². The van der Waals surface area contributed by atoms with Crippen LogP contribution in [0.4, 0.5) is 5.69 Å². The van der Waals surface area contributed by atoms with Gasteiger partial charge in [-0.05, 0) is 90.1 Å². The smallest absolute Gasteiger partial charge is 0.335 e. The molecule has 1 aromatic heterocycles. The number of tetrazole rings is 1. The van der Waals surface area contributed by atoms with Gasteiger partial charge in [-0.1, -0.05) is 11.6 Å². The molecule has 0 unspecified atom stereocenters. The monoisotopic (exact) mass is 627 g/mol. The van der Waals surface area contributed by atoms with Gasteiger partial charge in [-0.3, -0.25) is 9.59 Å². The van der Waals surface area contributed by atoms with Crippen molar-refractivity contribution in [3.63, 3.8) is 0 Å². The van der Waals surface area contributed by atoms with E-state index in [4.69, 9.17) is 16.7 Å². The summed E-state index contributed by atoms with van der Waals surface area (Å²) in [4.78, 5) is 39.9. The van der Waals surface area contributed by atoms with Crippen molar-refractivity contribution in [3.8, 4) is 5.69 Å². The predicted molar refractivity (Wildman–Crippen MR) is 158 cm³/mol. The number of rotatable bonds is 8. The van der Waals surface area contributed by atoms with Gasteiger partial charge in [0.2, 0.25) is 21.8 Å². The quantitative estimate of drug-likeness (QED) is 0.357. The number of hydrogen-bond acceptors (Lipinski definition) is 8. The van der Waals surface area contributed by atoms with Crippen molar-refractivity contribution in [2.45, 2.75) is 25.3 Å². The molecule has 2 aliphatic heterocycles. The molecule has 2 N–H and O–H groups in total. The van der Waals surface area contributed by atoms with E-state index in [1.54, 1.807) is 24.3 Å². The molecule has 226 valence electrons. The van der Waals surface area contributed by atoms with Gasteiger partial charge >= 0.3 is 5.97 Å². The maximum Gasteiger partial charge on any atom is 0.335 e. The minimum Gasteiger partial charge on any atom is -0.478 e. The van der Waals surface area contributed by atoms with Gasteiger partial charge in [-0.25, -0.2) is 17.5 Å². The molecule has 15 heteroatoms. The number of carboxylic acid groups (broad SMARTS) is 1. The lowest BCUT2D eigenvalue weighted by Crippen LogP contribution is -2.42. The summed E-state index contributed by atoms with van der Waals surface area (Å²) in [6.45, 7) is 1.13. The lowest BCUT2D eigenvalue weighted by atomic mass is 9.83. The van der Waals surface area contributed by atoms with Crippen LogP contribution in [0.2, 0.25) is 5.02 Å². The molecular formula is C28H30ClN7O6S. The Balaban J connectivity index is 1.36. The fourth-order valence-electron chi connectivity index (χ4n) is 5.70. The molecule has 5 rings (SSSR count). The third-order valence-electron chi connectivity index (χ3n) is 7.94. The highest BCUT2D eigenvalue weighted by Crippen LogP contribution is 2.36. The highest BCUT2D eigenvalue weighted by atomic mass is 35.5. The van der Waals surface area contributed by atoms with Crippen molar-refractivity contribution in [1.82, 2.24) is 29.4 Å². The first kappa shape index (κ1) is 30.3. The number of carbonyl (C=O) groups is 3. The standard InChI is InChI=1S/C28H30ClN7O6S/c1-43(41,42)34-12-10-18(11-13-34)21-15-25(27(38)31-23-6-2-19(3-7-23)28(39)40)35(16-21)26(37)9-4-20-14-22(29)5-8-24(20)36-17-30-32-33-36/h2-9,14,17-18,21,25H,10-13,15-16H2,1H3,(H,31,38)(H,39,40)/b9-4+/t21-,25-/m0/s1. The van der Waals surface area contributed by atoms with Crippen LogP contribution in [-0.2, 0) is 19.6 Å². The third-order valence-corrected chi connectivity index (χ3v) is 9.48. The number of likely N-dealkylation sites (tertiary alicyclic amines) is 1. The number of aromatic carboxylic acids is 1. The summed E-state index contributed by atoms with van der Waals surface area (Å²) in [5, 5.41) is 23.7. The molecule has 13 nitrogen and oxygen atoms in total. The van der Waals surface area contributed by atoms with Crippen LogP contribution >= 0.6 is 11.6 Å². The van der Waals surface area contributed by atoms with E-state index in [2.05, 4.69) is 20.8 Å². The fourth-order valence-corrected chi connectivity index (χ4v) is 6.75. The second-order valence-corrected chi connectivity index (χ2v) is 13.1. The maximum absolute atomic E-state index is 13.6. The van der Waals surface area contributed by atoms with E-state index < -0.39 is 27.9 Å². The largest absolute Gasteiger partial charge is 0.478 e. The zero-order chi connectivity index (χ0) is 30.7. The molecule has 2 aliphatic rings. The molecule has 0 bridgehead atoms. The number of piperidine rings is 1. The third kappa shape index (κ3) is 7.09. The molecular weight excluding hydrogens is 598 g/mol. The molecule has 2 amide bonds. The number of carbonyl (C=O) groups excluding carboxylic acids is 2. The first-order valence-corrected chi connectivity index (χ1v) is 15.8. The molecule has 0 radical (unpaired) electrons. The van der Waals surface area contributed by atoms with Crippen LogP contribution in [0.1, 0.15) is 35.2 Å². The summed E-state index contributed by atoms with van der Waals surface area (Å²) in [5.41, 5.74) is 1.70. The predicted octanol–water partition coefficient (Wildman–Crippen LogP) is 2.55. The van der Waals surface area contributed by atoms with Gasteiger partial charge in [-0.15, -0.1) is 5.10 Å². The number of aromatic nitrogens is 4. The summed E-state index contributed by atoms with van der Waals surface area (Å²) < 4.78 is 26.9. The van der Waals surface area contributed by atoms with Gasteiger partial charge in [0.15, 0.2) is 0 Å². The first-order chi connectivity index (χ1) is 20.5. The van der Waals surface area contributed by atoms with Crippen LogP contribution < -0.4 is 5.32 Å². The average molecular weight is 628 g/mol. The number of hydrogen-bond donors (Lipinski definition) is 2. The Kier molecular flexibility index (Phi) is 8.89. The Morgan fingerprint density at radius 3 is 2.42 bits per heavy atom. The van der Waals surface area contributed by atoms with Gasteiger partial charge in [0.05, 0.1) is 17.5 Å². The van der Waals surface area contributed by atoms with E-state index in [0.717, 1.165) is 0 Å². The lowest BCUT2D eigenvalue weighted by Gasteiger charge is -2.33. The van der Waals surface area contributed by atoms with Gasteiger partial charge in [-0.2, -0.15) is 4.68 Å². The van der Waals surface area contributed by atoms with Crippen LogP contribution in [-0.4, -0.2) is 92.7 Å². The average Bonchev–Trinajstić information content (AvgIpc) is 3.67. The van der Waals surface area contributed by atoms with E-state index in [1.807, 2.05) is 0 Å². The molecule has 3 aromatic rings. The number of nitrogens with zero attached hydrogens (tertiary/aromatic N) is 6. The second kappa shape index (κ2) is 12.6. The molecule has 3 heterocycles. The highest BCUT2D eigenvalue weighted by molar-refractivity contribution is 7.88. The normalized spacial score (nSPS) is 20.0. The van der Waals surface area contributed by atoms with E-state index in [-0.39, 0.29) is 23.3 Å². The van der Waals surface area contributed by atoms with E-state index in [0.29, 0.717) is 60.9 Å². The Morgan fingerprint density at radius 1 is 1.07 bits per heavy atom. The molecule has 0 saturated carbocycles. The van der Waals surface area contributed by atoms with E-state index in [1.165, 1.54) is 56.8 Å². The minimum atomic E-state index is -3.29. The number of carboxylic acids is 1. The van der Waals surface area contributed by atoms with Crippen molar-refractivity contribution < 1.29 is 27.9 Å². The summed E-state index contributed by atoms with van der Waals surface area (Å²) in [7, 11) is -3.29. The van der Waals surface area contributed by atoms with Crippen LogP contribution in [0.5, 0.6) is 0 Å². The molecule has 0 aliphatic carbocycles. The summed E-state index contributed by atoms with van der Waals surface area (Å²) in [5.74, 6) is -1.71. The Labute approximate surface area is 253 Å². The zero-order valence-electron chi connectivity index (χ0n) is 23.2. The zero-order valence-corrected chi connectivity index (χ0v) is 24.8. The number of halogens is 1. The summed E-state index contributed by atoms with van der Waals surface area (Å²) in [6.07, 6.45) is 7.29. The van der Waals surface area contributed by atoms with Gasteiger partial charge in [0.1, 0.15) is 12.4 Å². The van der Waals surface area contributed by atoms with Crippen molar-refractivity contribution in [3.05, 3.63) is 71.0 Å². The maximum atomic E-state index is 13.6. The SMILES string of the molecule is CS(=O)(=O)N1CCC([C@H]2C[C@@H](C(=O)Nc3ccc(C(=O)O)cc3)N(C(=O)/C=C/c3cc(Cl)ccc3-n3cnnn3)C2)CC1. The van der Waals surface area contributed by atoms with Crippen molar-refractivity contribution in [2.24, 2.45) is 11.8 Å². The van der Waals surface area contributed by atoms with Gasteiger partial charge in [0, 0.05) is 42.0 Å². The molecule has 2 atom stereocenters. The number of amides is 2.